The Morgan fingerprint density at radius 1 is 1.11 bits per heavy atom. The van der Waals surface area contributed by atoms with Gasteiger partial charge in [0.15, 0.2) is 5.76 Å². The van der Waals surface area contributed by atoms with Crippen LogP contribution in [0.4, 0.5) is 0 Å². The summed E-state index contributed by atoms with van der Waals surface area (Å²) in [5.41, 5.74) is 1.56. The molecule has 0 radical (unpaired) electrons. The van der Waals surface area contributed by atoms with Crippen molar-refractivity contribution in [1.29, 1.82) is 0 Å². The molecule has 0 spiro atoms. The highest BCUT2D eigenvalue weighted by atomic mass is 32.2. The molecule has 4 rings (SSSR count). The summed E-state index contributed by atoms with van der Waals surface area (Å²) in [5, 5.41) is 4.68. The van der Waals surface area contributed by atoms with Gasteiger partial charge in [0.25, 0.3) is 5.91 Å². The fraction of sp³-hybridized carbons (Fsp3) is 0.286. The van der Waals surface area contributed by atoms with E-state index in [0.29, 0.717) is 18.7 Å². The third-order valence-electron chi connectivity index (χ3n) is 4.68. The van der Waals surface area contributed by atoms with E-state index in [4.69, 9.17) is 4.52 Å². The molecule has 1 aliphatic heterocycles. The molecule has 1 saturated heterocycles. The van der Waals surface area contributed by atoms with E-state index in [1.54, 1.807) is 6.20 Å². The standard InChI is InChI=1S/C21H22N4O2S/c1-16-14-17(27-23-16)15-24-10-12-25(13-11-24)21(26)19-8-5-9-22-20(19)28-18-6-3-2-4-7-18/h2-9,14H,10-13,15H2,1H3. The highest BCUT2D eigenvalue weighted by molar-refractivity contribution is 7.99. The zero-order chi connectivity index (χ0) is 19.3. The molecule has 1 aromatic carbocycles. The first-order valence-corrected chi connectivity index (χ1v) is 10.1. The molecule has 0 atom stereocenters. The van der Waals surface area contributed by atoms with Crippen molar-refractivity contribution in [3.63, 3.8) is 0 Å². The van der Waals surface area contributed by atoms with Crippen LogP contribution in [0, 0.1) is 6.92 Å². The Morgan fingerprint density at radius 2 is 1.89 bits per heavy atom. The SMILES string of the molecule is Cc1cc(CN2CCN(C(=O)c3cccnc3Sc3ccccc3)CC2)on1. The van der Waals surface area contributed by atoms with E-state index in [0.717, 1.165) is 41.0 Å². The predicted octanol–water partition coefficient (Wildman–Crippen LogP) is 3.49. The molecule has 1 amide bonds. The largest absolute Gasteiger partial charge is 0.360 e. The Hall–Kier alpha value is -2.64. The number of hydrogen-bond donors (Lipinski definition) is 0. The van der Waals surface area contributed by atoms with E-state index >= 15 is 0 Å². The van der Waals surface area contributed by atoms with Crippen molar-refractivity contribution in [2.75, 3.05) is 26.2 Å². The van der Waals surface area contributed by atoms with Crippen LogP contribution in [0.3, 0.4) is 0 Å². The molecule has 1 aliphatic rings. The first-order valence-electron chi connectivity index (χ1n) is 9.31. The van der Waals surface area contributed by atoms with Gasteiger partial charge in [-0.05, 0) is 31.2 Å². The molecule has 0 aliphatic carbocycles. The maximum Gasteiger partial charge on any atom is 0.256 e. The quantitative estimate of drug-likeness (QED) is 0.660. The third-order valence-corrected chi connectivity index (χ3v) is 5.70. The highest BCUT2D eigenvalue weighted by Gasteiger charge is 2.25. The van der Waals surface area contributed by atoms with Crippen molar-refractivity contribution in [2.24, 2.45) is 0 Å². The van der Waals surface area contributed by atoms with Crippen LogP contribution in [0.1, 0.15) is 21.8 Å². The number of piperazine rings is 1. The van der Waals surface area contributed by atoms with Crippen LogP contribution < -0.4 is 0 Å². The lowest BCUT2D eigenvalue weighted by molar-refractivity contribution is 0.0613. The second kappa shape index (κ2) is 8.58. The topological polar surface area (TPSA) is 62.5 Å². The molecule has 0 bridgehead atoms. The van der Waals surface area contributed by atoms with Gasteiger partial charge in [0.1, 0.15) is 5.03 Å². The lowest BCUT2D eigenvalue weighted by atomic mass is 10.2. The second-order valence-corrected chi connectivity index (χ2v) is 7.84. The Labute approximate surface area is 168 Å². The monoisotopic (exact) mass is 394 g/mol. The third kappa shape index (κ3) is 4.43. The maximum absolute atomic E-state index is 13.1. The van der Waals surface area contributed by atoms with Gasteiger partial charge >= 0.3 is 0 Å². The van der Waals surface area contributed by atoms with Gasteiger partial charge in [-0.25, -0.2) is 4.98 Å². The Balaban J connectivity index is 1.40. The summed E-state index contributed by atoms with van der Waals surface area (Å²) >= 11 is 1.52. The van der Waals surface area contributed by atoms with Gasteiger partial charge in [-0.3, -0.25) is 9.69 Å². The minimum atomic E-state index is 0.0432. The minimum Gasteiger partial charge on any atom is -0.360 e. The van der Waals surface area contributed by atoms with Crippen molar-refractivity contribution in [1.82, 2.24) is 19.9 Å². The zero-order valence-electron chi connectivity index (χ0n) is 15.7. The van der Waals surface area contributed by atoms with Gasteiger partial charge in [-0.2, -0.15) is 0 Å². The molecular weight excluding hydrogens is 372 g/mol. The molecular formula is C21H22N4O2S. The van der Waals surface area contributed by atoms with Gasteiger partial charge in [-0.15, -0.1) is 0 Å². The van der Waals surface area contributed by atoms with Crippen molar-refractivity contribution >= 4 is 17.7 Å². The number of pyridine rings is 1. The van der Waals surface area contributed by atoms with Crippen LogP contribution in [0.15, 0.2) is 69.2 Å². The molecule has 7 heteroatoms. The smallest absolute Gasteiger partial charge is 0.256 e. The Kier molecular flexibility index (Phi) is 5.73. The average Bonchev–Trinajstić information content (AvgIpc) is 3.14. The molecule has 3 heterocycles. The first kappa shape index (κ1) is 18.7. The van der Waals surface area contributed by atoms with Crippen molar-refractivity contribution in [3.8, 4) is 0 Å². The van der Waals surface area contributed by atoms with Crippen molar-refractivity contribution < 1.29 is 9.32 Å². The lowest BCUT2D eigenvalue weighted by Gasteiger charge is -2.34. The van der Waals surface area contributed by atoms with Crippen molar-refractivity contribution in [2.45, 2.75) is 23.4 Å². The van der Waals surface area contributed by atoms with Crippen LogP contribution in [-0.4, -0.2) is 52.0 Å². The number of aryl methyl sites for hydroxylation is 1. The van der Waals surface area contributed by atoms with E-state index in [1.807, 2.05) is 60.4 Å². The van der Waals surface area contributed by atoms with Crippen LogP contribution in [0.25, 0.3) is 0 Å². The van der Waals surface area contributed by atoms with Crippen LogP contribution in [0.2, 0.25) is 0 Å². The summed E-state index contributed by atoms with van der Waals surface area (Å²) in [5.74, 6) is 0.910. The lowest BCUT2D eigenvalue weighted by Crippen LogP contribution is -2.48. The minimum absolute atomic E-state index is 0.0432. The summed E-state index contributed by atoms with van der Waals surface area (Å²) in [6.45, 7) is 5.65. The average molecular weight is 395 g/mol. The molecule has 144 valence electrons. The van der Waals surface area contributed by atoms with Crippen molar-refractivity contribution in [3.05, 3.63) is 71.7 Å². The molecule has 3 aromatic rings. The van der Waals surface area contributed by atoms with Crippen LogP contribution in [-0.2, 0) is 6.54 Å². The summed E-state index contributed by atoms with van der Waals surface area (Å²) in [6.07, 6.45) is 1.74. The molecule has 1 fully saturated rings. The fourth-order valence-electron chi connectivity index (χ4n) is 3.23. The number of benzene rings is 1. The Morgan fingerprint density at radius 3 is 2.61 bits per heavy atom. The van der Waals surface area contributed by atoms with Crippen LogP contribution >= 0.6 is 11.8 Å². The number of rotatable bonds is 5. The predicted molar refractivity (Wildman–Crippen MR) is 107 cm³/mol. The molecule has 28 heavy (non-hydrogen) atoms. The van der Waals surface area contributed by atoms with E-state index in [-0.39, 0.29) is 5.91 Å². The van der Waals surface area contributed by atoms with Gasteiger partial charge in [0.05, 0.1) is 17.8 Å². The molecule has 0 N–H and O–H groups in total. The number of amides is 1. The van der Waals surface area contributed by atoms with E-state index in [2.05, 4.69) is 15.0 Å². The molecule has 0 saturated carbocycles. The summed E-state index contributed by atoms with van der Waals surface area (Å²) in [6, 6.07) is 15.7. The maximum atomic E-state index is 13.1. The summed E-state index contributed by atoms with van der Waals surface area (Å²) in [4.78, 5) is 22.8. The number of hydrogen-bond acceptors (Lipinski definition) is 6. The van der Waals surface area contributed by atoms with E-state index in [1.165, 1.54) is 11.8 Å². The molecule has 6 nitrogen and oxygen atoms in total. The molecule has 0 unspecified atom stereocenters. The highest BCUT2D eigenvalue weighted by Crippen LogP contribution is 2.29. The van der Waals surface area contributed by atoms with Gasteiger partial charge in [0.2, 0.25) is 0 Å². The van der Waals surface area contributed by atoms with Gasteiger partial charge < -0.3 is 9.42 Å². The van der Waals surface area contributed by atoms with Crippen LogP contribution in [0.5, 0.6) is 0 Å². The fourth-order valence-corrected chi connectivity index (χ4v) is 4.12. The summed E-state index contributed by atoms with van der Waals surface area (Å²) < 4.78 is 5.30. The first-order chi connectivity index (χ1) is 13.7. The number of carbonyl (C=O) groups is 1. The Bertz CT molecular complexity index is 936. The second-order valence-electron chi connectivity index (χ2n) is 6.77. The van der Waals surface area contributed by atoms with Gasteiger partial charge in [0, 0.05) is 43.3 Å². The normalized spacial score (nSPS) is 15.0. The van der Waals surface area contributed by atoms with Gasteiger partial charge in [-0.1, -0.05) is 35.1 Å². The number of nitrogens with zero attached hydrogens (tertiary/aromatic N) is 4. The number of aromatic nitrogens is 2. The van der Waals surface area contributed by atoms with E-state index < -0.39 is 0 Å². The van der Waals surface area contributed by atoms with E-state index in [9.17, 15) is 4.79 Å². The number of carbonyl (C=O) groups excluding carboxylic acids is 1. The molecule has 2 aromatic heterocycles. The summed E-state index contributed by atoms with van der Waals surface area (Å²) in [7, 11) is 0. The zero-order valence-corrected chi connectivity index (χ0v) is 16.6.